The van der Waals surface area contributed by atoms with Gasteiger partial charge in [0.15, 0.2) is 5.96 Å². The van der Waals surface area contributed by atoms with E-state index >= 15 is 0 Å². The Morgan fingerprint density at radius 1 is 1.08 bits per heavy atom. The standard InChI is InChI=1S/C20H31N3O2/c1-2-21-20(23-15-18-11-7-12-24-18)22-14-17-10-6-13-25-19(17)16-8-4-3-5-9-16/h3-5,8-9,17-19H,2,6-7,10-15H2,1H3,(H2,21,22,23). The van der Waals surface area contributed by atoms with Crippen molar-refractivity contribution < 1.29 is 9.47 Å². The maximum atomic E-state index is 6.08. The van der Waals surface area contributed by atoms with Crippen LogP contribution >= 0.6 is 0 Å². The molecule has 0 saturated carbocycles. The van der Waals surface area contributed by atoms with Crippen molar-refractivity contribution >= 4 is 5.96 Å². The smallest absolute Gasteiger partial charge is 0.191 e. The van der Waals surface area contributed by atoms with Crippen LogP contribution in [0.4, 0.5) is 0 Å². The van der Waals surface area contributed by atoms with Gasteiger partial charge in [0.25, 0.3) is 0 Å². The first kappa shape index (κ1) is 18.2. The minimum absolute atomic E-state index is 0.153. The van der Waals surface area contributed by atoms with E-state index < -0.39 is 0 Å². The molecule has 3 atom stereocenters. The van der Waals surface area contributed by atoms with Gasteiger partial charge >= 0.3 is 0 Å². The van der Waals surface area contributed by atoms with Crippen molar-refractivity contribution in [2.24, 2.45) is 10.9 Å². The second kappa shape index (κ2) is 9.78. The van der Waals surface area contributed by atoms with Gasteiger partial charge in [-0.3, -0.25) is 4.99 Å². The predicted molar refractivity (Wildman–Crippen MR) is 101 cm³/mol. The molecular formula is C20H31N3O2. The summed E-state index contributed by atoms with van der Waals surface area (Å²) in [5.74, 6) is 1.31. The molecule has 0 bridgehead atoms. The Balaban J connectivity index is 1.59. The second-order valence-electron chi connectivity index (χ2n) is 6.84. The molecule has 2 N–H and O–H groups in total. The van der Waals surface area contributed by atoms with E-state index in [4.69, 9.17) is 14.5 Å². The summed E-state index contributed by atoms with van der Waals surface area (Å²) in [6, 6.07) is 10.5. The van der Waals surface area contributed by atoms with Crippen LogP contribution in [-0.4, -0.2) is 44.9 Å². The summed E-state index contributed by atoms with van der Waals surface area (Å²) in [7, 11) is 0. The summed E-state index contributed by atoms with van der Waals surface area (Å²) in [5, 5.41) is 6.77. The Morgan fingerprint density at radius 2 is 1.88 bits per heavy atom. The van der Waals surface area contributed by atoms with Crippen molar-refractivity contribution in [2.75, 3.05) is 32.8 Å². The molecule has 3 unspecified atom stereocenters. The average Bonchev–Trinajstić information content (AvgIpc) is 3.18. The number of ether oxygens (including phenoxy) is 2. The zero-order chi connectivity index (χ0) is 17.3. The Hall–Kier alpha value is -1.59. The highest BCUT2D eigenvalue weighted by molar-refractivity contribution is 5.79. The first-order valence-corrected chi connectivity index (χ1v) is 9.67. The monoisotopic (exact) mass is 345 g/mol. The third-order valence-electron chi connectivity index (χ3n) is 4.92. The number of hydrogen-bond acceptors (Lipinski definition) is 3. The van der Waals surface area contributed by atoms with Gasteiger partial charge in [0.1, 0.15) is 0 Å². The Bertz CT molecular complexity index is 529. The van der Waals surface area contributed by atoms with E-state index in [0.717, 1.165) is 64.5 Å². The molecule has 2 aliphatic rings. The lowest BCUT2D eigenvalue weighted by Crippen LogP contribution is -2.41. The van der Waals surface area contributed by atoms with Crippen LogP contribution < -0.4 is 10.6 Å². The van der Waals surface area contributed by atoms with Crippen molar-refractivity contribution in [2.45, 2.75) is 44.8 Å². The van der Waals surface area contributed by atoms with Crippen molar-refractivity contribution in [3.63, 3.8) is 0 Å². The lowest BCUT2D eigenvalue weighted by molar-refractivity contribution is -0.0250. The fraction of sp³-hybridized carbons (Fsp3) is 0.650. The Labute approximate surface area is 151 Å². The third kappa shape index (κ3) is 5.44. The summed E-state index contributed by atoms with van der Waals surface area (Å²) < 4.78 is 11.8. The van der Waals surface area contributed by atoms with Gasteiger partial charge < -0.3 is 20.1 Å². The largest absolute Gasteiger partial charge is 0.376 e. The number of guanidine groups is 1. The average molecular weight is 345 g/mol. The second-order valence-corrected chi connectivity index (χ2v) is 6.84. The minimum atomic E-state index is 0.153. The molecule has 2 heterocycles. The molecule has 2 saturated heterocycles. The fourth-order valence-corrected chi connectivity index (χ4v) is 3.61. The summed E-state index contributed by atoms with van der Waals surface area (Å²) in [6.45, 7) is 6.30. The first-order chi connectivity index (χ1) is 12.4. The number of benzene rings is 1. The van der Waals surface area contributed by atoms with Crippen LogP contribution in [-0.2, 0) is 9.47 Å². The molecule has 5 heteroatoms. The van der Waals surface area contributed by atoms with Crippen LogP contribution in [0.1, 0.15) is 44.3 Å². The van der Waals surface area contributed by atoms with E-state index in [2.05, 4.69) is 47.9 Å². The van der Waals surface area contributed by atoms with Gasteiger partial charge in [-0.15, -0.1) is 0 Å². The molecule has 138 valence electrons. The summed E-state index contributed by atoms with van der Waals surface area (Å²) in [6.07, 6.45) is 5.05. The number of rotatable bonds is 6. The molecule has 2 fully saturated rings. The van der Waals surface area contributed by atoms with E-state index in [9.17, 15) is 0 Å². The molecule has 25 heavy (non-hydrogen) atoms. The quantitative estimate of drug-likeness (QED) is 0.615. The van der Waals surface area contributed by atoms with Crippen molar-refractivity contribution in [3.8, 4) is 0 Å². The van der Waals surface area contributed by atoms with E-state index in [1.54, 1.807) is 0 Å². The van der Waals surface area contributed by atoms with Crippen molar-refractivity contribution in [1.82, 2.24) is 10.6 Å². The van der Waals surface area contributed by atoms with Crippen molar-refractivity contribution in [1.29, 1.82) is 0 Å². The molecule has 1 aromatic carbocycles. The summed E-state index contributed by atoms with van der Waals surface area (Å²) in [5.41, 5.74) is 1.26. The van der Waals surface area contributed by atoms with Crippen LogP contribution in [0.15, 0.2) is 35.3 Å². The normalized spacial score (nSPS) is 27.2. The minimum Gasteiger partial charge on any atom is -0.376 e. The molecule has 3 rings (SSSR count). The van der Waals surface area contributed by atoms with E-state index in [1.807, 2.05) is 0 Å². The summed E-state index contributed by atoms with van der Waals surface area (Å²) >= 11 is 0. The van der Waals surface area contributed by atoms with E-state index in [1.165, 1.54) is 5.56 Å². The van der Waals surface area contributed by atoms with Crippen LogP contribution in [0.3, 0.4) is 0 Å². The van der Waals surface area contributed by atoms with Crippen LogP contribution in [0.5, 0.6) is 0 Å². The number of nitrogens with zero attached hydrogens (tertiary/aromatic N) is 1. The number of hydrogen-bond donors (Lipinski definition) is 2. The predicted octanol–water partition coefficient (Wildman–Crippen LogP) is 2.89. The number of nitrogens with one attached hydrogen (secondary N) is 2. The Kier molecular flexibility index (Phi) is 7.12. The lowest BCUT2D eigenvalue weighted by atomic mass is 9.89. The molecule has 0 aliphatic carbocycles. The molecule has 0 amide bonds. The summed E-state index contributed by atoms with van der Waals surface area (Å²) in [4.78, 5) is 4.83. The SMILES string of the molecule is CCNC(=NCC1CCCOC1c1ccccc1)NCC1CCCO1. The maximum absolute atomic E-state index is 6.08. The van der Waals surface area contributed by atoms with Crippen LogP contribution in [0.25, 0.3) is 0 Å². The zero-order valence-electron chi connectivity index (χ0n) is 15.2. The molecular weight excluding hydrogens is 314 g/mol. The van der Waals surface area contributed by atoms with Gasteiger partial charge in [-0.05, 0) is 38.2 Å². The van der Waals surface area contributed by atoms with Gasteiger partial charge in [0.05, 0.1) is 12.2 Å². The first-order valence-electron chi connectivity index (χ1n) is 9.67. The van der Waals surface area contributed by atoms with Gasteiger partial charge in [-0.25, -0.2) is 0 Å². The van der Waals surface area contributed by atoms with Gasteiger partial charge in [-0.2, -0.15) is 0 Å². The lowest BCUT2D eigenvalue weighted by Gasteiger charge is -2.31. The molecule has 2 aliphatic heterocycles. The van der Waals surface area contributed by atoms with Gasteiger partial charge in [-0.1, -0.05) is 30.3 Å². The molecule has 5 nitrogen and oxygen atoms in total. The molecule has 0 spiro atoms. The van der Waals surface area contributed by atoms with Crippen LogP contribution in [0.2, 0.25) is 0 Å². The van der Waals surface area contributed by atoms with Gasteiger partial charge in [0.2, 0.25) is 0 Å². The van der Waals surface area contributed by atoms with Crippen LogP contribution in [0, 0.1) is 5.92 Å². The highest BCUT2D eigenvalue weighted by Crippen LogP contribution is 2.33. The molecule has 0 radical (unpaired) electrons. The van der Waals surface area contributed by atoms with Crippen molar-refractivity contribution in [3.05, 3.63) is 35.9 Å². The molecule has 1 aromatic rings. The van der Waals surface area contributed by atoms with E-state index in [0.29, 0.717) is 12.0 Å². The zero-order valence-corrected chi connectivity index (χ0v) is 15.2. The Morgan fingerprint density at radius 3 is 2.64 bits per heavy atom. The molecule has 0 aromatic heterocycles. The highest BCUT2D eigenvalue weighted by Gasteiger charge is 2.27. The highest BCUT2D eigenvalue weighted by atomic mass is 16.5. The number of aliphatic imine (C=N–C) groups is 1. The van der Waals surface area contributed by atoms with E-state index in [-0.39, 0.29) is 6.10 Å². The topological polar surface area (TPSA) is 54.9 Å². The maximum Gasteiger partial charge on any atom is 0.191 e. The van der Waals surface area contributed by atoms with Gasteiger partial charge in [0, 0.05) is 38.8 Å². The third-order valence-corrected chi connectivity index (χ3v) is 4.92. The fourth-order valence-electron chi connectivity index (χ4n) is 3.61.